The lowest BCUT2D eigenvalue weighted by Gasteiger charge is -2.19. The molecule has 1 aromatic heterocycles. The van der Waals surface area contributed by atoms with E-state index in [2.05, 4.69) is 24.7 Å². The number of carbonyl (C=O) groups is 1. The molecule has 0 spiro atoms. The first kappa shape index (κ1) is 26.4. The van der Waals surface area contributed by atoms with E-state index in [-0.39, 0.29) is 28.4 Å². The molecule has 0 aliphatic rings. The standard InChI is InChI=1S/C23H24N4O5S3/c1-4-13-26(14-5-2)35(31,32)18-9-7-17(8-10-18)22(28)25-23-27(15-6-3)20-12-11-19(34(24,29)30)16-21(20)33-23/h4-12,16H,1-3,13-15H2,(H2,24,29,30). The molecule has 1 amide bonds. The minimum atomic E-state index is -3.89. The second-order valence-electron chi connectivity index (χ2n) is 7.30. The number of sulfonamides is 2. The van der Waals surface area contributed by atoms with Crippen LogP contribution in [0.25, 0.3) is 10.2 Å². The van der Waals surface area contributed by atoms with E-state index in [1.54, 1.807) is 16.7 Å². The second-order valence-corrected chi connectivity index (χ2v) is 11.8. The SMILES string of the molecule is C=CCN(CC=C)S(=O)(=O)c1ccc(C(=O)N=c2sc3cc(S(N)(=O)=O)ccc3n2CC=C)cc1. The highest BCUT2D eigenvalue weighted by Crippen LogP contribution is 2.22. The topological polar surface area (TPSA) is 132 Å². The first-order valence-corrected chi connectivity index (χ1v) is 14.0. The van der Waals surface area contributed by atoms with Crippen LogP contribution in [0.4, 0.5) is 0 Å². The predicted molar refractivity (Wildman–Crippen MR) is 137 cm³/mol. The zero-order valence-electron chi connectivity index (χ0n) is 18.7. The van der Waals surface area contributed by atoms with Gasteiger partial charge in [0.15, 0.2) is 4.80 Å². The van der Waals surface area contributed by atoms with Crippen LogP contribution in [-0.4, -0.2) is 44.7 Å². The molecule has 184 valence electrons. The highest BCUT2D eigenvalue weighted by molar-refractivity contribution is 7.89. The van der Waals surface area contributed by atoms with Gasteiger partial charge >= 0.3 is 0 Å². The molecular weight excluding hydrogens is 508 g/mol. The number of hydrogen-bond acceptors (Lipinski definition) is 6. The van der Waals surface area contributed by atoms with Crippen LogP contribution in [0.5, 0.6) is 0 Å². The molecule has 35 heavy (non-hydrogen) atoms. The number of primary sulfonamides is 1. The summed E-state index contributed by atoms with van der Waals surface area (Å²) >= 11 is 1.13. The normalized spacial score (nSPS) is 12.7. The van der Waals surface area contributed by atoms with Crippen LogP contribution in [-0.2, 0) is 26.6 Å². The van der Waals surface area contributed by atoms with Gasteiger partial charge in [-0.1, -0.05) is 29.6 Å². The second kappa shape index (κ2) is 10.6. The number of hydrogen-bond donors (Lipinski definition) is 1. The summed E-state index contributed by atoms with van der Waals surface area (Å²) in [7, 11) is -7.69. The van der Waals surface area contributed by atoms with Gasteiger partial charge in [-0.3, -0.25) is 4.79 Å². The third-order valence-corrected chi connectivity index (χ3v) is 8.69. The van der Waals surface area contributed by atoms with Crippen molar-refractivity contribution in [3.05, 3.63) is 90.8 Å². The van der Waals surface area contributed by atoms with E-state index in [9.17, 15) is 21.6 Å². The summed E-state index contributed by atoms with van der Waals surface area (Å²) in [6.45, 7) is 11.4. The predicted octanol–water partition coefficient (Wildman–Crippen LogP) is 2.64. The summed E-state index contributed by atoms with van der Waals surface area (Å²) < 4.78 is 52.6. The Labute approximate surface area is 207 Å². The summed E-state index contributed by atoms with van der Waals surface area (Å²) in [5, 5.41) is 5.22. The van der Waals surface area contributed by atoms with Gasteiger partial charge in [-0.05, 0) is 42.5 Å². The van der Waals surface area contributed by atoms with Gasteiger partial charge in [-0.15, -0.1) is 19.7 Å². The van der Waals surface area contributed by atoms with Crippen molar-refractivity contribution in [2.75, 3.05) is 13.1 Å². The van der Waals surface area contributed by atoms with Crippen LogP contribution in [0.15, 0.2) is 95.2 Å². The van der Waals surface area contributed by atoms with Crippen molar-refractivity contribution >= 4 is 47.5 Å². The fraction of sp³-hybridized carbons (Fsp3) is 0.130. The number of benzene rings is 2. The van der Waals surface area contributed by atoms with E-state index in [1.807, 2.05) is 0 Å². The van der Waals surface area contributed by atoms with Gasteiger partial charge in [0, 0.05) is 25.2 Å². The molecule has 0 aliphatic carbocycles. The first-order chi connectivity index (χ1) is 16.5. The molecule has 0 fully saturated rings. The summed E-state index contributed by atoms with van der Waals surface area (Å²) in [5.41, 5.74) is 0.857. The van der Waals surface area contributed by atoms with Crippen molar-refractivity contribution in [1.82, 2.24) is 8.87 Å². The van der Waals surface area contributed by atoms with E-state index in [4.69, 9.17) is 5.14 Å². The van der Waals surface area contributed by atoms with Crippen molar-refractivity contribution in [3.8, 4) is 0 Å². The quantitative estimate of drug-likeness (QED) is 0.401. The van der Waals surface area contributed by atoms with Gasteiger partial charge in [0.25, 0.3) is 5.91 Å². The largest absolute Gasteiger partial charge is 0.312 e. The summed E-state index contributed by atoms with van der Waals surface area (Å²) in [6.07, 6.45) is 4.58. The molecule has 0 radical (unpaired) electrons. The van der Waals surface area contributed by atoms with E-state index in [1.165, 1.54) is 52.9 Å². The van der Waals surface area contributed by atoms with Crippen LogP contribution in [0, 0.1) is 0 Å². The van der Waals surface area contributed by atoms with Crippen LogP contribution in [0.2, 0.25) is 0 Å². The lowest BCUT2D eigenvalue weighted by Crippen LogP contribution is -2.31. The Morgan fingerprint density at radius 1 is 0.971 bits per heavy atom. The molecule has 0 atom stereocenters. The average molecular weight is 533 g/mol. The number of thiazole rings is 1. The molecule has 1 heterocycles. The summed E-state index contributed by atoms with van der Waals surface area (Å²) in [6, 6.07) is 9.88. The van der Waals surface area contributed by atoms with Crippen molar-refractivity contribution in [2.24, 2.45) is 10.1 Å². The van der Waals surface area contributed by atoms with Gasteiger partial charge in [0.1, 0.15) is 0 Å². The molecule has 0 saturated carbocycles. The minimum absolute atomic E-state index is 0.0249. The number of fused-ring (bicyclic) bond motifs is 1. The lowest BCUT2D eigenvalue weighted by molar-refractivity contribution is 0.0997. The van der Waals surface area contributed by atoms with Crippen LogP contribution < -0.4 is 9.94 Å². The third-order valence-electron chi connectivity index (χ3n) is 4.90. The van der Waals surface area contributed by atoms with Crippen molar-refractivity contribution in [2.45, 2.75) is 16.3 Å². The summed E-state index contributed by atoms with van der Waals surface area (Å²) in [5.74, 6) is -0.584. The zero-order valence-corrected chi connectivity index (χ0v) is 21.2. The Kier molecular flexibility index (Phi) is 8.03. The van der Waals surface area contributed by atoms with Crippen LogP contribution in [0.3, 0.4) is 0 Å². The maximum Gasteiger partial charge on any atom is 0.279 e. The molecule has 3 rings (SSSR count). The number of amides is 1. The van der Waals surface area contributed by atoms with E-state index in [0.29, 0.717) is 21.6 Å². The lowest BCUT2D eigenvalue weighted by atomic mass is 10.2. The Morgan fingerprint density at radius 2 is 1.57 bits per heavy atom. The zero-order chi connectivity index (χ0) is 25.8. The van der Waals surface area contributed by atoms with Crippen molar-refractivity contribution in [1.29, 1.82) is 0 Å². The van der Waals surface area contributed by atoms with Gasteiger partial charge in [0.05, 0.1) is 20.0 Å². The Bertz CT molecular complexity index is 1570. The number of allylic oxidation sites excluding steroid dienone is 1. The average Bonchev–Trinajstić information content (AvgIpc) is 3.15. The molecule has 9 nitrogen and oxygen atoms in total. The third kappa shape index (κ3) is 5.74. The number of aromatic nitrogens is 1. The van der Waals surface area contributed by atoms with Crippen molar-refractivity contribution < 1.29 is 21.6 Å². The molecule has 2 aromatic carbocycles. The molecule has 12 heteroatoms. The Balaban J connectivity index is 2.01. The molecule has 0 saturated heterocycles. The maximum atomic E-state index is 12.9. The number of nitrogens with two attached hydrogens (primary N) is 1. The Hall–Kier alpha value is -3.16. The van der Waals surface area contributed by atoms with Gasteiger partial charge in [-0.25, -0.2) is 22.0 Å². The fourth-order valence-electron chi connectivity index (χ4n) is 3.25. The maximum absolute atomic E-state index is 12.9. The first-order valence-electron chi connectivity index (χ1n) is 10.2. The van der Waals surface area contributed by atoms with Crippen molar-refractivity contribution in [3.63, 3.8) is 0 Å². The van der Waals surface area contributed by atoms with E-state index >= 15 is 0 Å². The van der Waals surface area contributed by atoms with E-state index in [0.717, 1.165) is 11.3 Å². The highest BCUT2D eigenvalue weighted by atomic mass is 32.2. The molecular formula is C23H24N4O5S3. The van der Waals surface area contributed by atoms with E-state index < -0.39 is 26.0 Å². The number of carbonyl (C=O) groups excluding carboxylic acids is 1. The fourth-order valence-corrected chi connectivity index (χ4v) is 6.32. The molecule has 0 bridgehead atoms. The smallest absolute Gasteiger partial charge is 0.279 e. The van der Waals surface area contributed by atoms with Gasteiger partial charge < -0.3 is 4.57 Å². The highest BCUT2D eigenvalue weighted by Gasteiger charge is 2.22. The number of rotatable bonds is 10. The van der Waals surface area contributed by atoms with Crippen LogP contribution in [0.1, 0.15) is 10.4 Å². The number of nitrogens with zero attached hydrogens (tertiary/aromatic N) is 3. The monoisotopic (exact) mass is 532 g/mol. The van der Waals surface area contributed by atoms with Gasteiger partial charge in [-0.2, -0.15) is 9.30 Å². The Morgan fingerprint density at radius 3 is 2.11 bits per heavy atom. The minimum Gasteiger partial charge on any atom is -0.312 e. The van der Waals surface area contributed by atoms with Crippen LogP contribution >= 0.6 is 11.3 Å². The molecule has 0 unspecified atom stereocenters. The molecule has 3 aromatic rings. The summed E-state index contributed by atoms with van der Waals surface area (Å²) in [4.78, 5) is 17.4. The molecule has 2 N–H and O–H groups in total. The molecule has 0 aliphatic heterocycles. The van der Waals surface area contributed by atoms with Gasteiger partial charge in [0.2, 0.25) is 20.0 Å².